The van der Waals surface area contributed by atoms with Gasteiger partial charge in [-0.3, -0.25) is 4.90 Å². The van der Waals surface area contributed by atoms with Crippen molar-refractivity contribution in [2.75, 3.05) is 26.3 Å². The van der Waals surface area contributed by atoms with Crippen LogP contribution in [-0.4, -0.2) is 43.0 Å². The average molecular weight is 291 g/mol. The minimum Gasteiger partial charge on any atom is -0.491 e. The fraction of sp³-hybridized carbons (Fsp3) is 0.562. The summed E-state index contributed by atoms with van der Waals surface area (Å²) in [5.74, 6) is 6.32. The Bertz CT molecular complexity index is 494. The van der Waals surface area contributed by atoms with Crippen molar-refractivity contribution in [3.8, 4) is 5.75 Å². The molecule has 1 aliphatic rings. The van der Waals surface area contributed by atoms with Gasteiger partial charge >= 0.3 is 0 Å². The molecule has 0 aliphatic carbocycles. The molecule has 21 heavy (non-hydrogen) atoms. The topological polar surface area (TPSA) is 60.1 Å². The number of benzene rings is 1. The molecule has 0 unspecified atom stereocenters. The molecule has 5 nitrogen and oxygen atoms in total. The number of morpholine rings is 1. The number of rotatable bonds is 5. The van der Waals surface area contributed by atoms with Gasteiger partial charge in [0.15, 0.2) is 0 Å². The summed E-state index contributed by atoms with van der Waals surface area (Å²) < 4.78 is 11.3. The quantitative estimate of drug-likeness (QED) is 0.512. The minimum absolute atomic E-state index is 0.156. The zero-order chi connectivity index (χ0) is 15.2. The summed E-state index contributed by atoms with van der Waals surface area (Å²) in [7, 11) is 0. The highest BCUT2D eigenvalue weighted by Gasteiger charge is 2.15. The summed E-state index contributed by atoms with van der Waals surface area (Å²) in [5, 5.41) is 3.78. The first kappa shape index (κ1) is 15.8. The van der Waals surface area contributed by atoms with Crippen LogP contribution in [0.15, 0.2) is 23.3 Å². The molecule has 1 aliphatic heterocycles. The molecule has 2 rings (SSSR count). The maximum absolute atomic E-state index is 5.93. The number of hydrogen-bond donors (Lipinski definition) is 1. The predicted molar refractivity (Wildman–Crippen MR) is 84.7 cm³/mol. The Morgan fingerprint density at radius 1 is 1.38 bits per heavy atom. The fourth-order valence-corrected chi connectivity index (χ4v) is 2.37. The summed E-state index contributed by atoms with van der Waals surface area (Å²) >= 11 is 0. The second kappa shape index (κ2) is 7.43. The highest BCUT2D eigenvalue weighted by molar-refractivity contribution is 5.98. The summed E-state index contributed by atoms with van der Waals surface area (Å²) in [5.41, 5.74) is 3.04. The summed E-state index contributed by atoms with van der Waals surface area (Å²) in [4.78, 5) is 2.38. The van der Waals surface area contributed by atoms with Crippen molar-refractivity contribution in [3.63, 3.8) is 0 Å². The molecule has 1 aromatic carbocycles. The molecule has 0 aromatic heterocycles. The van der Waals surface area contributed by atoms with Gasteiger partial charge in [0.25, 0.3) is 0 Å². The molecule has 1 heterocycles. The van der Waals surface area contributed by atoms with E-state index in [1.807, 2.05) is 32.9 Å². The van der Waals surface area contributed by atoms with Gasteiger partial charge in [0.2, 0.25) is 0 Å². The van der Waals surface area contributed by atoms with Gasteiger partial charge in [-0.2, -0.15) is 5.10 Å². The van der Waals surface area contributed by atoms with Crippen LogP contribution in [0.5, 0.6) is 5.75 Å². The SMILES string of the molecule is C/C(=N/N)c1ccc(OC(C)C)c(CN2CCOCC2)c1. The third-order valence-corrected chi connectivity index (χ3v) is 3.53. The molecule has 2 N–H and O–H groups in total. The molecule has 0 spiro atoms. The average Bonchev–Trinajstić information content (AvgIpc) is 2.49. The van der Waals surface area contributed by atoms with Gasteiger partial charge in [-0.05, 0) is 44.5 Å². The van der Waals surface area contributed by atoms with Crippen molar-refractivity contribution in [3.05, 3.63) is 29.3 Å². The highest BCUT2D eigenvalue weighted by atomic mass is 16.5. The summed E-state index contributed by atoms with van der Waals surface area (Å²) in [6, 6.07) is 6.14. The van der Waals surface area contributed by atoms with E-state index >= 15 is 0 Å². The molecule has 116 valence electrons. The second-order valence-corrected chi connectivity index (χ2v) is 5.59. The van der Waals surface area contributed by atoms with Gasteiger partial charge in [-0.1, -0.05) is 0 Å². The first-order valence-electron chi connectivity index (χ1n) is 7.44. The molecule has 0 amide bonds. The Morgan fingerprint density at radius 3 is 2.71 bits per heavy atom. The van der Waals surface area contributed by atoms with Crippen LogP contribution < -0.4 is 10.6 Å². The number of nitrogens with zero attached hydrogens (tertiary/aromatic N) is 2. The Kier molecular flexibility index (Phi) is 5.59. The Hall–Kier alpha value is -1.59. The molecule has 1 saturated heterocycles. The van der Waals surface area contributed by atoms with Crippen LogP contribution >= 0.6 is 0 Å². The van der Waals surface area contributed by atoms with E-state index < -0.39 is 0 Å². The zero-order valence-electron chi connectivity index (χ0n) is 13.1. The second-order valence-electron chi connectivity index (χ2n) is 5.59. The van der Waals surface area contributed by atoms with Crippen LogP contribution in [0.4, 0.5) is 0 Å². The lowest BCUT2D eigenvalue weighted by Crippen LogP contribution is -2.35. The third kappa shape index (κ3) is 4.44. The number of ether oxygens (including phenoxy) is 2. The largest absolute Gasteiger partial charge is 0.491 e. The van der Waals surface area contributed by atoms with Gasteiger partial charge in [-0.15, -0.1) is 0 Å². The van der Waals surface area contributed by atoms with Gasteiger partial charge in [0.05, 0.1) is 25.0 Å². The van der Waals surface area contributed by atoms with Gasteiger partial charge in [-0.25, -0.2) is 0 Å². The molecular formula is C16H25N3O2. The molecule has 0 radical (unpaired) electrons. The van der Waals surface area contributed by atoms with E-state index in [0.29, 0.717) is 0 Å². The Balaban J connectivity index is 2.23. The van der Waals surface area contributed by atoms with E-state index in [1.54, 1.807) is 0 Å². The maximum atomic E-state index is 5.93. The van der Waals surface area contributed by atoms with Gasteiger partial charge in [0, 0.05) is 25.2 Å². The molecule has 0 bridgehead atoms. The maximum Gasteiger partial charge on any atom is 0.124 e. The van der Waals surface area contributed by atoms with E-state index in [9.17, 15) is 0 Å². The standard InChI is InChI=1S/C16H25N3O2/c1-12(2)21-16-5-4-14(13(3)18-17)10-15(16)11-19-6-8-20-9-7-19/h4-5,10,12H,6-9,11,17H2,1-3H3/b18-13-. The van der Waals surface area contributed by atoms with Crippen LogP contribution in [-0.2, 0) is 11.3 Å². The lowest BCUT2D eigenvalue weighted by atomic mass is 10.1. The predicted octanol–water partition coefficient (Wildman–Crippen LogP) is 1.99. The first-order valence-corrected chi connectivity index (χ1v) is 7.44. The first-order chi connectivity index (χ1) is 10.1. The number of nitrogens with two attached hydrogens (primary N) is 1. The number of hydrogen-bond acceptors (Lipinski definition) is 5. The molecule has 1 aromatic rings. The van der Waals surface area contributed by atoms with Gasteiger partial charge in [0.1, 0.15) is 5.75 Å². The monoisotopic (exact) mass is 291 g/mol. The van der Waals surface area contributed by atoms with Crippen LogP contribution in [0.25, 0.3) is 0 Å². The van der Waals surface area contributed by atoms with E-state index in [1.165, 1.54) is 5.56 Å². The Labute approximate surface area is 126 Å². The number of hydrazone groups is 1. The molecular weight excluding hydrogens is 266 g/mol. The van der Waals surface area contributed by atoms with Crippen LogP contribution in [0, 0.1) is 0 Å². The van der Waals surface area contributed by atoms with Crippen molar-refractivity contribution in [2.45, 2.75) is 33.4 Å². The molecule has 5 heteroatoms. The molecule has 0 saturated carbocycles. The van der Waals surface area contributed by atoms with E-state index in [-0.39, 0.29) is 6.10 Å². The van der Waals surface area contributed by atoms with Gasteiger partial charge < -0.3 is 15.3 Å². The minimum atomic E-state index is 0.156. The molecule has 0 atom stereocenters. The van der Waals surface area contributed by atoms with Crippen molar-refractivity contribution in [2.24, 2.45) is 10.9 Å². The van der Waals surface area contributed by atoms with E-state index in [2.05, 4.69) is 16.1 Å². The smallest absolute Gasteiger partial charge is 0.124 e. The third-order valence-electron chi connectivity index (χ3n) is 3.53. The van der Waals surface area contributed by atoms with Crippen LogP contribution in [0.2, 0.25) is 0 Å². The lowest BCUT2D eigenvalue weighted by molar-refractivity contribution is 0.0336. The van der Waals surface area contributed by atoms with Crippen LogP contribution in [0.3, 0.4) is 0 Å². The highest BCUT2D eigenvalue weighted by Crippen LogP contribution is 2.24. The fourth-order valence-electron chi connectivity index (χ4n) is 2.37. The van der Waals surface area contributed by atoms with E-state index in [0.717, 1.165) is 49.9 Å². The molecule has 1 fully saturated rings. The van der Waals surface area contributed by atoms with Crippen molar-refractivity contribution in [1.29, 1.82) is 0 Å². The van der Waals surface area contributed by atoms with Crippen molar-refractivity contribution < 1.29 is 9.47 Å². The normalized spacial score (nSPS) is 17.2. The zero-order valence-corrected chi connectivity index (χ0v) is 13.1. The van der Waals surface area contributed by atoms with Crippen LogP contribution in [0.1, 0.15) is 31.9 Å². The summed E-state index contributed by atoms with van der Waals surface area (Å²) in [6.07, 6.45) is 0.156. The van der Waals surface area contributed by atoms with Crippen molar-refractivity contribution in [1.82, 2.24) is 4.90 Å². The lowest BCUT2D eigenvalue weighted by Gasteiger charge is -2.27. The Morgan fingerprint density at radius 2 is 2.10 bits per heavy atom. The van der Waals surface area contributed by atoms with Crippen molar-refractivity contribution >= 4 is 5.71 Å². The summed E-state index contributed by atoms with van der Waals surface area (Å²) in [6.45, 7) is 10.4. The van der Waals surface area contributed by atoms with E-state index in [4.69, 9.17) is 15.3 Å².